The van der Waals surface area contributed by atoms with Gasteiger partial charge in [-0.2, -0.15) is 12.7 Å². The van der Waals surface area contributed by atoms with Crippen LogP contribution in [0.1, 0.15) is 65.2 Å². The zero-order chi connectivity index (χ0) is 22.3. The normalized spacial score (nSPS) is 21.3. The molecule has 0 radical (unpaired) electrons. The number of rotatable bonds is 8. The number of amides is 1. The van der Waals surface area contributed by atoms with Crippen LogP contribution < -0.4 is 14.4 Å². The van der Waals surface area contributed by atoms with E-state index in [1.165, 1.54) is 21.5 Å². The van der Waals surface area contributed by atoms with Gasteiger partial charge >= 0.3 is 10.2 Å². The molecule has 0 aromatic heterocycles. The van der Waals surface area contributed by atoms with Gasteiger partial charge in [0.1, 0.15) is 5.75 Å². The van der Waals surface area contributed by atoms with Gasteiger partial charge in [-0.05, 0) is 63.8 Å². The van der Waals surface area contributed by atoms with Crippen molar-refractivity contribution in [1.29, 1.82) is 0 Å². The summed E-state index contributed by atoms with van der Waals surface area (Å²) < 4.78 is 35.2. The van der Waals surface area contributed by atoms with Crippen molar-refractivity contribution in [3.63, 3.8) is 0 Å². The molecular weight excluding hydrogens is 414 g/mol. The predicted octanol–water partition coefficient (Wildman–Crippen LogP) is 3.71. The monoisotopic (exact) mass is 451 g/mol. The lowest BCUT2D eigenvalue weighted by Crippen LogP contribution is -2.51. The molecular formula is C23H37N3O4S. The highest BCUT2D eigenvalue weighted by atomic mass is 32.2. The molecule has 1 heterocycles. The Balaban J connectivity index is 1.67. The van der Waals surface area contributed by atoms with Crippen molar-refractivity contribution >= 4 is 21.8 Å². The van der Waals surface area contributed by atoms with Crippen LogP contribution in [0.25, 0.3) is 0 Å². The van der Waals surface area contributed by atoms with Crippen molar-refractivity contribution in [2.24, 2.45) is 5.92 Å². The maximum absolute atomic E-state index is 13.4. The van der Waals surface area contributed by atoms with E-state index in [2.05, 4.69) is 5.32 Å². The number of carbonyl (C=O) groups excluding carboxylic acids is 1. The summed E-state index contributed by atoms with van der Waals surface area (Å²) in [5.74, 6) is 0.439. The van der Waals surface area contributed by atoms with Crippen LogP contribution in [0.15, 0.2) is 24.3 Å². The molecule has 1 saturated carbocycles. The van der Waals surface area contributed by atoms with Crippen LogP contribution in [0.4, 0.5) is 5.69 Å². The van der Waals surface area contributed by atoms with Gasteiger partial charge in [-0.3, -0.25) is 9.10 Å². The molecule has 1 aromatic carbocycles. The second-order valence-electron chi connectivity index (χ2n) is 8.49. The number of nitrogens with zero attached hydrogens (tertiary/aromatic N) is 2. The quantitative estimate of drug-likeness (QED) is 0.611. The van der Waals surface area contributed by atoms with Gasteiger partial charge in [-0.1, -0.05) is 25.7 Å². The minimum Gasteiger partial charge on any atom is -0.494 e. The molecule has 1 amide bonds. The van der Waals surface area contributed by atoms with E-state index in [1.54, 1.807) is 24.3 Å². The fraction of sp³-hybridized carbons (Fsp3) is 0.696. The van der Waals surface area contributed by atoms with Crippen LogP contribution >= 0.6 is 0 Å². The summed E-state index contributed by atoms with van der Waals surface area (Å²) >= 11 is 0. The van der Waals surface area contributed by atoms with Crippen LogP contribution in [-0.2, 0) is 15.0 Å². The third-order valence-corrected chi connectivity index (χ3v) is 8.29. The van der Waals surface area contributed by atoms with Gasteiger partial charge in [0.2, 0.25) is 5.91 Å². The molecule has 0 bridgehead atoms. The molecule has 1 aliphatic heterocycles. The Bertz CT molecular complexity index is 805. The number of hydrogen-bond acceptors (Lipinski definition) is 4. The number of piperidine rings is 1. The van der Waals surface area contributed by atoms with Crippen LogP contribution in [0.3, 0.4) is 0 Å². The summed E-state index contributed by atoms with van der Waals surface area (Å²) in [6.45, 7) is 5.32. The van der Waals surface area contributed by atoms with E-state index in [0.717, 1.165) is 32.1 Å². The van der Waals surface area contributed by atoms with E-state index in [1.807, 2.05) is 13.8 Å². The lowest BCUT2D eigenvalue weighted by Gasteiger charge is -2.36. The summed E-state index contributed by atoms with van der Waals surface area (Å²) in [4.78, 5) is 12.9. The third-order valence-electron chi connectivity index (χ3n) is 6.28. The molecule has 2 fully saturated rings. The number of hydrogen-bond donors (Lipinski definition) is 1. The van der Waals surface area contributed by atoms with Crippen LogP contribution in [0.5, 0.6) is 5.75 Å². The number of carbonyl (C=O) groups is 1. The molecule has 3 rings (SSSR count). The first-order valence-corrected chi connectivity index (χ1v) is 13.2. The van der Waals surface area contributed by atoms with Gasteiger partial charge in [0.05, 0.1) is 18.2 Å². The lowest BCUT2D eigenvalue weighted by atomic mass is 9.97. The van der Waals surface area contributed by atoms with Crippen molar-refractivity contribution in [2.45, 2.75) is 71.3 Å². The zero-order valence-electron chi connectivity index (χ0n) is 18.9. The van der Waals surface area contributed by atoms with E-state index >= 15 is 0 Å². The van der Waals surface area contributed by atoms with Crippen molar-refractivity contribution in [1.82, 2.24) is 9.62 Å². The molecule has 1 N–H and O–H groups in total. The van der Waals surface area contributed by atoms with Crippen LogP contribution in [-0.4, -0.2) is 50.9 Å². The Labute approximate surface area is 187 Å². The van der Waals surface area contributed by atoms with E-state index in [9.17, 15) is 13.2 Å². The average molecular weight is 452 g/mol. The van der Waals surface area contributed by atoms with Gasteiger partial charge in [0.25, 0.3) is 0 Å². The van der Waals surface area contributed by atoms with Crippen molar-refractivity contribution < 1.29 is 17.9 Å². The molecule has 7 nitrogen and oxygen atoms in total. The maximum atomic E-state index is 13.4. The van der Waals surface area contributed by atoms with E-state index in [0.29, 0.717) is 37.6 Å². The maximum Gasteiger partial charge on any atom is 0.304 e. The van der Waals surface area contributed by atoms with Crippen LogP contribution in [0, 0.1) is 5.92 Å². The molecule has 1 aromatic rings. The molecule has 2 aliphatic rings. The van der Waals surface area contributed by atoms with Gasteiger partial charge in [0.15, 0.2) is 0 Å². The van der Waals surface area contributed by atoms with Gasteiger partial charge in [-0.25, -0.2) is 0 Å². The number of anilines is 1. The average Bonchev–Trinajstić information content (AvgIpc) is 3.04. The zero-order valence-corrected chi connectivity index (χ0v) is 19.7. The highest BCUT2D eigenvalue weighted by molar-refractivity contribution is 7.90. The molecule has 0 unspecified atom stereocenters. The topological polar surface area (TPSA) is 79.0 Å². The summed E-state index contributed by atoms with van der Waals surface area (Å²) in [6, 6.07) is 7.35. The van der Waals surface area contributed by atoms with Crippen molar-refractivity contribution in [3.8, 4) is 5.75 Å². The third kappa shape index (κ3) is 6.13. The minimum atomic E-state index is -3.71. The highest BCUT2D eigenvalue weighted by Crippen LogP contribution is 2.27. The van der Waals surface area contributed by atoms with Gasteiger partial charge in [0, 0.05) is 25.7 Å². The Hall–Kier alpha value is -1.80. The lowest BCUT2D eigenvalue weighted by molar-refractivity contribution is -0.126. The Morgan fingerprint density at radius 3 is 2.35 bits per heavy atom. The molecule has 1 atom stereocenters. The van der Waals surface area contributed by atoms with Crippen molar-refractivity contribution in [3.05, 3.63) is 24.3 Å². The Morgan fingerprint density at radius 1 is 1.06 bits per heavy atom. The molecule has 8 heteroatoms. The van der Waals surface area contributed by atoms with Crippen LogP contribution in [0.2, 0.25) is 0 Å². The second-order valence-corrected chi connectivity index (χ2v) is 10.3. The molecule has 0 spiro atoms. The minimum absolute atomic E-state index is 0.0101. The van der Waals surface area contributed by atoms with E-state index < -0.39 is 10.2 Å². The first-order valence-electron chi connectivity index (χ1n) is 11.8. The predicted molar refractivity (Wildman–Crippen MR) is 123 cm³/mol. The first kappa shape index (κ1) is 23.9. The van der Waals surface area contributed by atoms with Gasteiger partial charge < -0.3 is 10.1 Å². The number of ether oxygens (including phenoxy) is 1. The molecule has 174 valence electrons. The highest BCUT2D eigenvalue weighted by Gasteiger charge is 2.36. The van der Waals surface area contributed by atoms with E-state index in [4.69, 9.17) is 4.74 Å². The summed E-state index contributed by atoms with van der Waals surface area (Å²) in [5, 5.41) is 3.21. The summed E-state index contributed by atoms with van der Waals surface area (Å²) in [6.07, 6.45) is 8.28. The molecule has 1 aliphatic carbocycles. The summed E-state index contributed by atoms with van der Waals surface area (Å²) in [5.41, 5.74) is 0.607. The number of nitrogens with one attached hydrogen (secondary N) is 1. The van der Waals surface area contributed by atoms with E-state index in [-0.39, 0.29) is 24.4 Å². The fourth-order valence-corrected chi connectivity index (χ4v) is 6.32. The van der Waals surface area contributed by atoms with Crippen molar-refractivity contribution in [2.75, 3.05) is 30.5 Å². The Kier molecular flexibility index (Phi) is 8.60. The molecule has 1 saturated heterocycles. The fourth-order valence-electron chi connectivity index (χ4n) is 4.60. The largest absolute Gasteiger partial charge is 0.494 e. The molecule has 31 heavy (non-hydrogen) atoms. The second kappa shape index (κ2) is 11.2. The first-order chi connectivity index (χ1) is 15.0. The Morgan fingerprint density at radius 2 is 1.74 bits per heavy atom. The van der Waals surface area contributed by atoms with Gasteiger partial charge in [-0.15, -0.1) is 0 Å². The smallest absolute Gasteiger partial charge is 0.304 e. The SMILES string of the molecule is CCOc1ccc(N(CC)S(=O)(=O)N2CCC[C@H](C(=O)NC3CCCCCC3)C2)cc1. The standard InChI is InChI=1S/C23H37N3O4S/c1-3-26(21-13-15-22(16-14-21)30-4-2)31(28,29)25-17-9-10-19(18-25)23(27)24-20-11-7-5-6-8-12-20/h13-16,19-20H,3-12,17-18H2,1-2H3,(H,24,27)/t19-/m0/s1. The number of benzene rings is 1. The summed E-state index contributed by atoms with van der Waals surface area (Å²) in [7, 11) is -3.71.